The van der Waals surface area contributed by atoms with Crippen molar-refractivity contribution in [3.8, 4) is 0 Å². The topological polar surface area (TPSA) is 62.3 Å². The molecule has 1 aliphatic rings. The zero-order valence-corrected chi connectivity index (χ0v) is 13.9. The Bertz CT molecular complexity index is 751. The number of hydrogen-bond donors (Lipinski definition) is 1. The predicted octanol–water partition coefficient (Wildman–Crippen LogP) is 2.96. The number of hydrogen-bond acceptors (Lipinski definition) is 4. The summed E-state index contributed by atoms with van der Waals surface area (Å²) in [5.41, 5.74) is 4.69. The summed E-state index contributed by atoms with van der Waals surface area (Å²) < 4.78 is 0. The standard InChI is InChI=1S/C16H14ClN3O2S/c1-10-6-7-11(8-18-10)15(22)19-20-14(21)9-23-16(20)12-4-2-3-5-13(12)17/h2-8,16H,9H2,1H3,(H,19,22). The van der Waals surface area contributed by atoms with Crippen LogP contribution >= 0.6 is 23.4 Å². The number of hydrazine groups is 1. The highest BCUT2D eigenvalue weighted by molar-refractivity contribution is 8.00. The van der Waals surface area contributed by atoms with Gasteiger partial charge in [-0.15, -0.1) is 11.8 Å². The SMILES string of the molecule is Cc1ccc(C(=O)NN2C(=O)CSC2c2ccccc2Cl)cn1. The minimum absolute atomic E-state index is 0.159. The quantitative estimate of drug-likeness (QED) is 0.927. The number of rotatable bonds is 3. The van der Waals surface area contributed by atoms with Gasteiger partial charge in [0.05, 0.1) is 11.3 Å². The lowest BCUT2D eigenvalue weighted by molar-refractivity contribution is -0.130. The second-order valence-corrected chi connectivity index (χ2v) is 6.55. The van der Waals surface area contributed by atoms with E-state index in [1.165, 1.54) is 23.0 Å². The van der Waals surface area contributed by atoms with E-state index < -0.39 is 0 Å². The highest BCUT2D eigenvalue weighted by Crippen LogP contribution is 2.40. The molecule has 1 unspecified atom stereocenters. The molecule has 0 spiro atoms. The van der Waals surface area contributed by atoms with Crippen LogP contribution in [-0.4, -0.2) is 27.6 Å². The zero-order chi connectivity index (χ0) is 16.4. The monoisotopic (exact) mass is 347 g/mol. The summed E-state index contributed by atoms with van der Waals surface area (Å²) >= 11 is 7.64. The first-order valence-corrected chi connectivity index (χ1v) is 8.40. The van der Waals surface area contributed by atoms with Crippen LogP contribution in [0.1, 0.15) is 27.0 Å². The van der Waals surface area contributed by atoms with E-state index in [0.29, 0.717) is 16.3 Å². The number of amides is 2. The van der Waals surface area contributed by atoms with Crippen LogP contribution in [0.4, 0.5) is 0 Å². The van der Waals surface area contributed by atoms with E-state index in [4.69, 9.17) is 11.6 Å². The Kier molecular flexibility index (Phi) is 4.54. The molecule has 0 saturated carbocycles. The van der Waals surface area contributed by atoms with Crippen LogP contribution in [0.2, 0.25) is 5.02 Å². The molecule has 2 aromatic rings. The lowest BCUT2D eigenvalue weighted by Gasteiger charge is -2.25. The van der Waals surface area contributed by atoms with Gasteiger partial charge in [-0.05, 0) is 25.1 Å². The van der Waals surface area contributed by atoms with Gasteiger partial charge in [0.25, 0.3) is 11.8 Å². The van der Waals surface area contributed by atoms with Gasteiger partial charge in [-0.1, -0.05) is 29.8 Å². The third-order valence-electron chi connectivity index (χ3n) is 3.43. The third-order valence-corrected chi connectivity index (χ3v) is 4.97. The highest BCUT2D eigenvalue weighted by Gasteiger charge is 2.35. The molecule has 2 amide bonds. The van der Waals surface area contributed by atoms with Crippen LogP contribution in [0.25, 0.3) is 0 Å². The second kappa shape index (κ2) is 6.60. The molecule has 1 saturated heterocycles. The molecular formula is C16H14ClN3O2S. The number of nitrogens with zero attached hydrogens (tertiary/aromatic N) is 2. The first kappa shape index (κ1) is 15.8. The number of aryl methyl sites for hydroxylation is 1. The zero-order valence-electron chi connectivity index (χ0n) is 12.3. The van der Waals surface area contributed by atoms with Gasteiger partial charge in [-0.3, -0.25) is 20.0 Å². The van der Waals surface area contributed by atoms with Crippen molar-refractivity contribution in [1.82, 2.24) is 15.4 Å². The number of nitrogens with one attached hydrogen (secondary N) is 1. The van der Waals surface area contributed by atoms with Gasteiger partial charge in [-0.25, -0.2) is 5.01 Å². The molecule has 7 heteroatoms. The molecule has 1 atom stereocenters. The Balaban J connectivity index is 1.82. The van der Waals surface area contributed by atoms with Crippen LogP contribution in [0.3, 0.4) is 0 Å². The molecule has 1 aliphatic heterocycles. The van der Waals surface area contributed by atoms with Gasteiger partial charge in [-0.2, -0.15) is 0 Å². The molecule has 0 radical (unpaired) electrons. The summed E-state index contributed by atoms with van der Waals surface area (Å²) in [5, 5.41) is 1.57. The van der Waals surface area contributed by atoms with Crippen molar-refractivity contribution in [1.29, 1.82) is 0 Å². The van der Waals surface area contributed by atoms with Crippen molar-refractivity contribution in [2.75, 3.05) is 5.75 Å². The van der Waals surface area contributed by atoms with Gasteiger partial charge >= 0.3 is 0 Å². The smallest absolute Gasteiger partial charge is 0.271 e. The minimum Gasteiger partial charge on any atom is -0.272 e. The van der Waals surface area contributed by atoms with Crippen molar-refractivity contribution >= 4 is 35.2 Å². The number of aromatic nitrogens is 1. The van der Waals surface area contributed by atoms with Gasteiger partial charge < -0.3 is 0 Å². The van der Waals surface area contributed by atoms with Gasteiger partial charge in [0.15, 0.2) is 0 Å². The molecule has 3 rings (SSSR count). The van der Waals surface area contributed by atoms with Gasteiger partial charge in [0.2, 0.25) is 0 Å². The summed E-state index contributed by atoms with van der Waals surface area (Å²) in [6.45, 7) is 1.84. The first-order valence-electron chi connectivity index (χ1n) is 6.98. The van der Waals surface area contributed by atoms with Crippen LogP contribution in [0.5, 0.6) is 0 Å². The van der Waals surface area contributed by atoms with Crippen LogP contribution < -0.4 is 5.43 Å². The van der Waals surface area contributed by atoms with E-state index in [-0.39, 0.29) is 17.2 Å². The average Bonchev–Trinajstić information content (AvgIpc) is 2.89. The molecular weight excluding hydrogens is 334 g/mol. The molecule has 0 bridgehead atoms. The molecule has 5 nitrogen and oxygen atoms in total. The predicted molar refractivity (Wildman–Crippen MR) is 89.9 cm³/mol. The maximum Gasteiger partial charge on any atom is 0.271 e. The van der Waals surface area contributed by atoms with Crippen molar-refractivity contribution in [3.63, 3.8) is 0 Å². The van der Waals surface area contributed by atoms with E-state index in [9.17, 15) is 9.59 Å². The Morgan fingerprint density at radius 2 is 2.13 bits per heavy atom. The fraction of sp³-hybridized carbons (Fsp3) is 0.188. The maximum atomic E-state index is 12.3. The summed E-state index contributed by atoms with van der Waals surface area (Å²) in [7, 11) is 0. The van der Waals surface area contributed by atoms with E-state index in [0.717, 1.165) is 11.3 Å². The number of thioether (sulfide) groups is 1. The largest absolute Gasteiger partial charge is 0.272 e. The number of halogens is 1. The maximum absolute atomic E-state index is 12.3. The number of benzene rings is 1. The summed E-state index contributed by atoms with van der Waals surface area (Å²) in [5.74, 6) is -0.235. The fourth-order valence-corrected chi connectivity index (χ4v) is 3.67. The normalized spacial score (nSPS) is 17.4. The molecule has 1 fully saturated rings. The Hall–Kier alpha value is -2.05. The third kappa shape index (κ3) is 3.33. The lowest BCUT2D eigenvalue weighted by atomic mass is 10.2. The van der Waals surface area contributed by atoms with Crippen molar-refractivity contribution < 1.29 is 9.59 Å². The molecule has 1 aromatic carbocycles. The van der Waals surface area contributed by atoms with E-state index in [2.05, 4.69) is 10.4 Å². The number of carbonyl (C=O) groups excluding carboxylic acids is 2. The summed E-state index contributed by atoms with van der Waals surface area (Å²) in [6.07, 6.45) is 1.49. The Morgan fingerprint density at radius 1 is 1.35 bits per heavy atom. The van der Waals surface area contributed by atoms with Gasteiger partial charge in [0, 0.05) is 22.5 Å². The van der Waals surface area contributed by atoms with Crippen LogP contribution in [0, 0.1) is 6.92 Å². The number of carbonyl (C=O) groups is 2. The van der Waals surface area contributed by atoms with Crippen molar-refractivity contribution in [2.45, 2.75) is 12.3 Å². The summed E-state index contributed by atoms with van der Waals surface area (Å²) in [4.78, 5) is 28.5. The number of pyridine rings is 1. The molecule has 2 heterocycles. The summed E-state index contributed by atoms with van der Waals surface area (Å²) in [6, 6.07) is 10.7. The van der Waals surface area contributed by atoms with Crippen molar-refractivity contribution in [2.24, 2.45) is 0 Å². The Labute approximate surface area is 143 Å². The highest BCUT2D eigenvalue weighted by atomic mass is 35.5. The Morgan fingerprint density at radius 3 is 2.83 bits per heavy atom. The van der Waals surface area contributed by atoms with Gasteiger partial charge in [0.1, 0.15) is 5.37 Å². The molecule has 118 valence electrons. The van der Waals surface area contributed by atoms with E-state index in [1.54, 1.807) is 18.2 Å². The lowest BCUT2D eigenvalue weighted by Crippen LogP contribution is -2.44. The van der Waals surface area contributed by atoms with Crippen LogP contribution in [-0.2, 0) is 4.79 Å². The first-order chi connectivity index (χ1) is 11.1. The molecule has 0 aliphatic carbocycles. The van der Waals surface area contributed by atoms with E-state index >= 15 is 0 Å². The molecule has 23 heavy (non-hydrogen) atoms. The average molecular weight is 348 g/mol. The van der Waals surface area contributed by atoms with Crippen molar-refractivity contribution in [3.05, 3.63) is 64.4 Å². The fourth-order valence-electron chi connectivity index (χ4n) is 2.23. The second-order valence-electron chi connectivity index (χ2n) is 5.08. The van der Waals surface area contributed by atoms with E-state index in [1.807, 2.05) is 25.1 Å². The molecule has 1 aromatic heterocycles. The van der Waals surface area contributed by atoms with Crippen LogP contribution in [0.15, 0.2) is 42.6 Å². The minimum atomic E-state index is -0.370. The molecule has 1 N–H and O–H groups in total.